The molecule has 0 fully saturated rings. The van der Waals surface area contributed by atoms with Gasteiger partial charge in [0, 0.05) is 14.7 Å². The maximum atomic E-state index is 11.3. The van der Waals surface area contributed by atoms with Crippen LogP contribution < -0.4 is 5.69 Å². The molecule has 0 aliphatic rings. The van der Waals surface area contributed by atoms with Crippen LogP contribution in [0.15, 0.2) is 20.7 Å². The molecule has 0 atom stereocenters. The minimum absolute atomic E-state index is 0.209. The third kappa shape index (κ3) is 1.89. The van der Waals surface area contributed by atoms with E-state index < -0.39 is 0 Å². The third-order valence-electron chi connectivity index (χ3n) is 1.70. The van der Waals surface area contributed by atoms with Gasteiger partial charge in [0.1, 0.15) is 0 Å². The molecule has 0 radical (unpaired) electrons. The maximum absolute atomic E-state index is 11.3. The molecule has 74 valence electrons. The van der Waals surface area contributed by atoms with Gasteiger partial charge in [-0.1, -0.05) is 0 Å². The smallest absolute Gasteiger partial charge is 0.272 e. The molecule has 0 spiro atoms. The van der Waals surface area contributed by atoms with E-state index in [2.05, 4.69) is 26.1 Å². The summed E-state index contributed by atoms with van der Waals surface area (Å²) >= 11 is 9.89. The van der Waals surface area contributed by atoms with Gasteiger partial charge in [0.2, 0.25) is 0 Å². The lowest BCUT2D eigenvalue weighted by Crippen LogP contribution is -2.16. The fraction of sp³-hybridized carbons (Fsp3) is 0.143. The summed E-state index contributed by atoms with van der Waals surface area (Å²) in [6.07, 6.45) is 0. The fourth-order valence-electron chi connectivity index (χ4n) is 1.07. The first-order chi connectivity index (χ1) is 6.66. The molecule has 2 N–H and O–H groups in total. The molecule has 0 saturated carbocycles. The predicted octanol–water partition coefficient (Wildman–Crippen LogP) is 2.11. The molecule has 4 nitrogen and oxygen atoms in total. The third-order valence-corrected chi connectivity index (χ3v) is 3.71. The summed E-state index contributed by atoms with van der Waals surface area (Å²) in [6.45, 7) is 0.508. The highest BCUT2D eigenvalue weighted by atomic mass is 79.9. The zero-order valence-electron chi connectivity index (χ0n) is 6.91. The van der Waals surface area contributed by atoms with E-state index in [1.54, 1.807) is 11.3 Å². The second-order valence-corrected chi connectivity index (χ2v) is 4.98. The maximum Gasteiger partial charge on any atom is 0.342 e. The Morgan fingerprint density at radius 2 is 2.36 bits per heavy atom. The molecule has 2 rings (SSSR count). The number of aromatic nitrogens is 3. The van der Waals surface area contributed by atoms with E-state index in [-0.39, 0.29) is 5.69 Å². The topological polar surface area (TPSA) is 53.6 Å². The van der Waals surface area contributed by atoms with Crippen LogP contribution in [0.3, 0.4) is 0 Å². The highest BCUT2D eigenvalue weighted by Gasteiger charge is 2.03. The Morgan fingerprint density at radius 3 is 2.86 bits per heavy atom. The van der Waals surface area contributed by atoms with E-state index in [1.165, 1.54) is 4.57 Å². The Morgan fingerprint density at radius 1 is 1.57 bits per heavy atom. The first-order valence-corrected chi connectivity index (χ1v) is 5.85. The van der Waals surface area contributed by atoms with Crippen LogP contribution in [-0.2, 0) is 6.54 Å². The van der Waals surface area contributed by atoms with Gasteiger partial charge in [0.05, 0.1) is 6.54 Å². The van der Waals surface area contributed by atoms with Gasteiger partial charge in [0.25, 0.3) is 0 Å². The number of hydrogen-bond acceptors (Lipinski definition) is 3. The number of aromatic amines is 2. The van der Waals surface area contributed by atoms with Crippen LogP contribution in [0, 0.1) is 4.77 Å². The van der Waals surface area contributed by atoms with Crippen molar-refractivity contribution in [1.29, 1.82) is 0 Å². The van der Waals surface area contributed by atoms with Gasteiger partial charge in [-0.05, 0) is 34.2 Å². The van der Waals surface area contributed by atoms with Crippen LogP contribution in [0.25, 0.3) is 0 Å². The van der Waals surface area contributed by atoms with Gasteiger partial charge in [-0.15, -0.1) is 11.3 Å². The highest BCUT2D eigenvalue weighted by Crippen LogP contribution is 2.20. The zero-order chi connectivity index (χ0) is 10.1. The van der Waals surface area contributed by atoms with Gasteiger partial charge in [-0.3, -0.25) is 9.67 Å². The number of halogens is 1. The van der Waals surface area contributed by atoms with Crippen molar-refractivity contribution in [2.45, 2.75) is 6.54 Å². The molecular formula is C7H6BrN3OS2. The lowest BCUT2D eigenvalue weighted by atomic mass is 10.5. The highest BCUT2D eigenvalue weighted by molar-refractivity contribution is 9.10. The molecule has 0 aliphatic carbocycles. The van der Waals surface area contributed by atoms with Gasteiger partial charge in [0.15, 0.2) is 4.77 Å². The summed E-state index contributed by atoms with van der Waals surface area (Å²) in [6, 6.07) is 1.97. The van der Waals surface area contributed by atoms with Crippen molar-refractivity contribution < 1.29 is 0 Å². The number of nitrogens with zero attached hydrogens (tertiary/aromatic N) is 1. The molecule has 2 aromatic heterocycles. The van der Waals surface area contributed by atoms with Crippen LogP contribution in [0.1, 0.15) is 4.88 Å². The van der Waals surface area contributed by atoms with E-state index in [0.29, 0.717) is 11.3 Å². The summed E-state index contributed by atoms with van der Waals surface area (Å²) in [5, 5.41) is 7.00. The van der Waals surface area contributed by atoms with E-state index in [4.69, 9.17) is 12.2 Å². The number of H-pyrrole nitrogens is 2. The second kappa shape index (κ2) is 3.84. The Hall–Kier alpha value is -0.660. The second-order valence-electron chi connectivity index (χ2n) is 2.68. The van der Waals surface area contributed by atoms with E-state index >= 15 is 0 Å². The van der Waals surface area contributed by atoms with Crippen molar-refractivity contribution in [3.05, 3.63) is 36.1 Å². The summed E-state index contributed by atoms with van der Waals surface area (Å²) in [5.74, 6) is 0. The molecular weight excluding hydrogens is 286 g/mol. The van der Waals surface area contributed by atoms with Crippen molar-refractivity contribution in [3.63, 3.8) is 0 Å². The summed E-state index contributed by atoms with van der Waals surface area (Å²) in [7, 11) is 0. The Labute approximate surface area is 96.7 Å². The van der Waals surface area contributed by atoms with Crippen LogP contribution in [0.5, 0.6) is 0 Å². The molecule has 14 heavy (non-hydrogen) atoms. The predicted molar refractivity (Wildman–Crippen MR) is 61.4 cm³/mol. The van der Waals surface area contributed by atoms with E-state index in [9.17, 15) is 4.79 Å². The molecule has 0 aliphatic heterocycles. The molecule has 7 heteroatoms. The summed E-state index contributed by atoms with van der Waals surface area (Å²) in [5.41, 5.74) is -0.209. The fourth-order valence-corrected chi connectivity index (χ4v) is 2.71. The van der Waals surface area contributed by atoms with Gasteiger partial charge < -0.3 is 0 Å². The molecule has 0 unspecified atom stereocenters. The Bertz CT molecular complexity index is 522. The standard InChI is InChI=1S/C7H6BrN3OS2/c8-4-1-5(14-3-4)2-11-6(12)9-10-7(11)13/h1,3H,2H2,(H,9,12)(H,10,13). The Balaban J connectivity index is 2.36. The normalized spacial score (nSPS) is 10.6. The van der Waals surface area contributed by atoms with Crippen LogP contribution >= 0.6 is 39.5 Å². The SMILES string of the molecule is O=c1[nH][nH]c(=S)n1Cc1cc(Br)cs1. The van der Waals surface area contributed by atoms with Crippen molar-refractivity contribution in [2.75, 3.05) is 0 Å². The molecule has 2 aromatic rings. The monoisotopic (exact) mass is 291 g/mol. The van der Waals surface area contributed by atoms with E-state index in [0.717, 1.165) is 9.35 Å². The average molecular weight is 292 g/mol. The minimum Gasteiger partial charge on any atom is -0.272 e. The van der Waals surface area contributed by atoms with Crippen LogP contribution in [0.4, 0.5) is 0 Å². The molecule has 0 amide bonds. The lowest BCUT2D eigenvalue weighted by Gasteiger charge is -1.95. The van der Waals surface area contributed by atoms with Gasteiger partial charge in [-0.25, -0.2) is 9.89 Å². The lowest BCUT2D eigenvalue weighted by molar-refractivity contribution is 0.761. The minimum atomic E-state index is -0.209. The zero-order valence-corrected chi connectivity index (χ0v) is 10.1. The average Bonchev–Trinajstić information content (AvgIpc) is 2.67. The van der Waals surface area contributed by atoms with Gasteiger partial charge in [-0.2, -0.15) is 0 Å². The first-order valence-electron chi connectivity index (χ1n) is 3.77. The number of rotatable bonds is 2. The largest absolute Gasteiger partial charge is 0.342 e. The molecule has 0 saturated heterocycles. The summed E-state index contributed by atoms with van der Waals surface area (Å²) in [4.78, 5) is 12.3. The van der Waals surface area contributed by atoms with Crippen molar-refractivity contribution in [3.8, 4) is 0 Å². The van der Waals surface area contributed by atoms with Crippen LogP contribution in [-0.4, -0.2) is 14.8 Å². The van der Waals surface area contributed by atoms with Gasteiger partial charge >= 0.3 is 5.69 Å². The van der Waals surface area contributed by atoms with Crippen molar-refractivity contribution >= 4 is 39.5 Å². The Kier molecular flexibility index (Phi) is 2.71. The molecule has 2 heterocycles. The van der Waals surface area contributed by atoms with E-state index in [1.807, 2.05) is 11.4 Å². The molecule has 0 aromatic carbocycles. The molecule has 0 bridgehead atoms. The van der Waals surface area contributed by atoms with Crippen molar-refractivity contribution in [1.82, 2.24) is 14.8 Å². The number of nitrogens with one attached hydrogen (secondary N) is 2. The van der Waals surface area contributed by atoms with Crippen LogP contribution in [0.2, 0.25) is 0 Å². The summed E-state index contributed by atoms with van der Waals surface area (Å²) < 4.78 is 2.92. The quantitative estimate of drug-likeness (QED) is 0.833. The first kappa shape index (κ1) is 9.88. The van der Waals surface area contributed by atoms with Crippen molar-refractivity contribution in [2.24, 2.45) is 0 Å². The number of hydrogen-bond donors (Lipinski definition) is 2. The number of thiophene rings is 1.